The first kappa shape index (κ1) is 18.3. The second kappa shape index (κ2) is 8.30. The van der Waals surface area contributed by atoms with Crippen LogP contribution in [0.25, 0.3) is 0 Å². The first-order valence-electron chi connectivity index (χ1n) is 10.3. The summed E-state index contributed by atoms with van der Waals surface area (Å²) in [6, 6.07) is 12.8. The first-order chi connectivity index (χ1) is 13.2. The smallest absolute Gasteiger partial charge is 0.220 e. The molecule has 0 radical (unpaired) electrons. The average molecular weight is 367 g/mol. The highest BCUT2D eigenvalue weighted by Gasteiger charge is 2.34. The van der Waals surface area contributed by atoms with Crippen LogP contribution in [-0.4, -0.2) is 30.4 Å². The Hall–Kier alpha value is -2.07. The van der Waals surface area contributed by atoms with Crippen LogP contribution >= 0.6 is 0 Å². The van der Waals surface area contributed by atoms with Gasteiger partial charge in [0.05, 0.1) is 12.3 Å². The van der Waals surface area contributed by atoms with Crippen molar-refractivity contribution in [2.24, 2.45) is 5.92 Å². The summed E-state index contributed by atoms with van der Waals surface area (Å²) < 4.78 is 5.66. The Balaban J connectivity index is 1.37. The van der Waals surface area contributed by atoms with Crippen molar-refractivity contribution in [2.75, 3.05) is 19.6 Å². The topological polar surface area (TPSA) is 45.5 Å². The lowest BCUT2D eigenvalue weighted by Crippen LogP contribution is -2.37. The van der Waals surface area contributed by atoms with Gasteiger partial charge in [0.2, 0.25) is 5.91 Å². The molecule has 2 heterocycles. The maximum Gasteiger partial charge on any atom is 0.220 e. The van der Waals surface area contributed by atoms with Gasteiger partial charge >= 0.3 is 0 Å². The van der Waals surface area contributed by atoms with E-state index in [1.165, 1.54) is 36.8 Å². The van der Waals surface area contributed by atoms with E-state index in [9.17, 15) is 4.79 Å². The molecule has 0 bridgehead atoms. The number of carbonyl (C=O) groups excluding carboxylic acids is 1. The molecule has 4 heteroatoms. The zero-order valence-electron chi connectivity index (χ0n) is 16.2. The van der Waals surface area contributed by atoms with E-state index in [4.69, 9.17) is 4.42 Å². The quantitative estimate of drug-likeness (QED) is 0.752. The zero-order valence-corrected chi connectivity index (χ0v) is 16.2. The lowest BCUT2D eigenvalue weighted by molar-refractivity contribution is -0.121. The standard InChI is InChI=1S/C23H30N2O2/c1-17-6-8-18(9-7-17)20(19-10-11-19)15-23(26)24-16-21(22-5-4-14-27-22)25-12-2-3-13-25/h4-9,14,19-21H,2-3,10-13,15-16H2,1H3,(H,24,26). The van der Waals surface area contributed by atoms with Crippen molar-refractivity contribution in [3.8, 4) is 0 Å². The molecule has 1 N–H and O–H groups in total. The maximum atomic E-state index is 12.8. The van der Waals surface area contributed by atoms with Crippen LogP contribution in [0.5, 0.6) is 0 Å². The molecular formula is C23H30N2O2. The Morgan fingerprint density at radius 1 is 1.19 bits per heavy atom. The Bertz CT molecular complexity index is 728. The molecule has 2 aromatic rings. The molecule has 4 nitrogen and oxygen atoms in total. The van der Waals surface area contributed by atoms with Crippen molar-refractivity contribution < 1.29 is 9.21 Å². The molecule has 1 aromatic heterocycles. The van der Waals surface area contributed by atoms with Gasteiger partial charge in [-0.3, -0.25) is 9.69 Å². The highest BCUT2D eigenvalue weighted by Crippen LogP contribution is 2.44. The lowest BCUT2D eigenvalue weighted by Gasteiger charge is -2.26. The van der Waals surface area contributed by atoms with Crippen molar-refractivity contribution in [1.29, 1.82) is 0 Å². The van der Waals surface area contributed by atoms with Crippen LogP contribution in [0, 0.1) is 12.8 Å². The summed E-state index contributed by atoms with van der Waals surface area (Å²) in [6.45, 7) is 4.89. The minimum absolute atomic E-state index is 0.144. The molecular weight excluding hydrogens is 336 g/mol. The molecule has 27 heavy (non-hydrogen) atoms. The Morgan fingerprint density at radius 2 is 1.93 bits per heavy atom. The van der Waals surface area contributed by atoms with Crippen LogP contribution in [0.3, 0.4) is 0 Å². The summed E-state index contributed by atoms with van der Waals surface area (Å²) in [5.41, 5.74) is 2.57. The largest absolute Gasteiger partial charge is 0.468 e. The fourth-order valence-electron chi connectivity index (χ4n) is 4.30. The SMILES string of the molecule is Cc1ccc(C(CC(=O)NCC(c2ccco2)N2CCCC2)C2CC2)cc1. The number of amides is 1. The number of aryl methyl sites for hydroxylation is 1. The molecule has 1 aliphatic carbocycles. The van der Waals surface area contributed by atoms with Crippen LogP contribution < -0.4 is 5.32 Å². The Morgan fingerprint density at radius 3 is 2.56 bits per heavy atom. The minimum Gasteiger partial charge on any atom is -0.468 e. The third kappa shape index (κ3) is 4.62. The van der Waals surface area contributed by atoms with Crippen LogP contribution in [0.15, 0.2) is 47.1 Å². The van der Waals surface area contributed by atoms with Gasteiger partial charge in [-0.05, 0) is 75.2 Å². The third-order valence-electron chi connectivity index (χ3n) is 6.05. The van der Waals surface area contributed by atoms with Crippen LogP contribution in [0.4, 0.5) is 0 Å². The van der Waals surface area contributed by atoms with E-state index >= 15 is 0 Å². The normalized spacial score (nSPS) is 19.7. The molecule has 1 saturated heterocycles. The number of hydrogen-bond acceptors (Lipinski definition) is 3. The van der Waals surface area contributed by atoms with E-state index in [1.54, 1.807) is 6.26 Å². The minimum atomic E-state index is 0.144. The van der Waals surface area contributed by atoms with Crippen LogP contribution in [-0.2, 0) is 4.79 Å². The van der Waals surface area contributed by atoms with E-state index in [0.29, 0.717) is 24.8 Å². The van der Waals surface area contributed by atoms with E-state index in [1.807, 2.05) is 12.1 Å². The molecule has 1 aliphatic heterocycles. The first-order valence-corrected chi connectivity index (χ1v) is 10.3. The molecule has 0 spiro atoms. The highest BCUT2D eigenvalue weighted by molar-refractivity contribution is 5.77. The zero-order chi connectivity index (χ0) is 18.6. The highest BCUT2D eigenvalue weighted by atomic mass is 16.3. The Kier molecular flexibility index (Phi) is 5.63. The molecule has 1 aromatic carbocycles. The van der Waals surface area contributed by atoms with Gasteiger partial charge in [0, 0.05) is 13.0 Å². The van der Waals surface area contributed by atoms with Gasteiger partial charge in [0.15, 0.2) is 0 Å². The maximum absolute atomic E-state index is 12.8. The molecule has 1 amide bonds. The number of likely N-dealkylation sites (tertiary alicyclic amines) is 1. The van der Waals surface area contributed by atoms with Gasteiger partial charge in [-0.25, -0.2) is 0 Å². The van der Waals surface area contributed by atoms with Gasteiger partial charge in [-0.1, -0.05) is 29.8 Å². The molecule has 1 saturated carbocycles. The van der Waals surface area contributed by atoms with Crippen molar-refractivity contribution in [1.82, 2.24) is 10.2 Å². The van der Waals surface area contributed by atoms with E-state index < -0.39 is 0 Å². The van der Waals surface area contributed by atoms with Crippen molar-refractivity contribution in [3.05, 3.63) is 59.5 Å². The second-order valence-corrected chi connectivity index (χ2v) is 8.14. The summed E-state index contributed by atoms with van der Waals surface area (Å²) in [5.74, 6) is 2.12. The van der Waals surface area contributed by atoms with Gasteiger partial charge in [0.25, 0.3) is 0 Å². The predicted octanol–water partition coefficient (Wildman–Crippen LogP) is 4.43. The molecule has 2 unspecified atom stereocenters. The van der Waals surface area contributed by atoms with E-state index in [0.717, 1.165) is 18.8 Å². The summed E-state index contributed by atoms with van der Waals surface area (Å²) >= 11 is 0. The summed E-state index contributed by atoms with van der Waals surface area (Å²) in [6.07, 6.45) is 7.24. The molecule has 2 aliphatic rings. The number of benzene rings is 1. The average Bonchev–Trinajstić information content (AvgIpc) is 3.13. The third-order valence-corrected chi connectivity index (χ3v) is 6.05. The van der Waals surface area contributed by atoms with Gasteiger partial charge in [-0.2, -0.15) is 0 Å². The number of nitrogens with one attached hydrogen (secondary N) is 1. The summed E-state index contributed by atoms with van der Waals surface area (Å²) in [5, 5.41) is 3.20. The van der Waals surface area contributed by atoms with Crippen LogP contribution in [0.2, 0.25) is 0 Å². The predicted molar refractivity (Wildman–Crippen MR) is 107 cm³/mol. The molecule has 144 valence electrons. The number of rotatable bonds is 8. The fraction of sp³-hybridized carbons (Fsp3) is 0.522. The number of furan rings is 1. The van der Waals surface area contributed by atoms with E-state index in [2.05, 4.69) is 41.4 Å². The lowest BCUT2D eigenvalue weighted by atomic mass is 9.90. The van der Waals surface area contributed by atoms with Crippen molar-refractivity contribution >= 4 is 5.91 Å². The second-order valence-electron chi connectivity index (χ2n) is 8.14. The van der Waals surface area contributed by atoms with Crippen molar-refractivity contribution in [3.63, 3.8) is 0 Å². The number of carbonyl (C=O) groups is 1. The summed E-state index contributed by atoms with van der Waals surface area (Å²) in [7, 11) is 0. The van der Waals surface area contributed by atoms with Gasteiger partial charge in [-0.15, -0.1) is 0 Å². The van der Waals surface area contributed by atoms with E-state index in [-0.39, 0.29) is 11.9 Å². The van der Waals surface area contributed by atoms with Crippen molar-refractivity contribution in [2.45, 2.75) is 51.0 Å². The van der Waals surface area contributed by atoms with Crippen LogP contribution in [0.1, 0.15) is 61.0 Å². The van der Waals surface area contributed by atoms with Gasteiger partial charge < -0.3 is 9.73 Å². The summed E-state index contributed by atoms with van der Waals surface area (Å²) in [4.78, 5) is 15.2. The molecule has 2 fully saturated rings. The monoisotopic (exact) mass is 366 g/mol. The number of nitrogens with zero attached hydrogens (tertiary/aromatic N) is 1. The molecule has 4 rings (SSSR count). The number of hydrogen-bond donors (Lipinski definition) is 1. The molecule has 2 atom stereocenters. The van der Waals surface area contributed by atoms with Gasteiger partial charge in [0.1, 0.15) is 5.76 Å². The fourth-order valence-corrected chi connectivity index (χ4v) is 4.30. The Labute approximate surface area is 161 Å².